The van der Waals surface area contributed by atoms with Gasteiger partial charge in [0, 0.05) is 11.8 Å². The summed E-state index contributed by atoms with van der Waals surface area (Å²) in [5, 5.41) is 13.9. The summed E-state index contributed by atoms with van der Waals surface area (Å²) in [4.78, 5) is 0. The van der Waals surface area contributed by atoms with Crippen LogP contribution in [0.15, 0.2) is 30.6 Å². The highest BCUT2D eigenvalue weighted by molar-refractivity contribution is 6.30. The van der Waals surface area contributed by atoms with Gasteiger partial charge in [0.1, 0.15) is 5.82 Å². The van der Waals surface area contributed by atoms with Gasteiger partial charge in [-0.2, -0.15) is 5.10 Å². The van der Waals surface area contributed by atoms with Crippen molar-refractivity contribution in [3.8, 4) is 0 Å². The standard InChI is InChI=1S/C13H14ClFN2O/c1-2-13(18)10-6-16-17(8-10)7-9-3-4-11(14)12(15)5-9/h3-6,8,13,18H,2,7H2,1H3. The maximum atomic E-state index is 13.3. The van der Waals surface area contributed by atoms with Gasteiger partial charge in [0.25, 0.3) is 0 Å². The highest BCUT2D eigenvalue weighted by Gasteiger charge is 2.08. The number of halogens is 2. The average molecular weight is 269 g/mol. The van der Waals surface area contributed by atoms with Crippen molar-refractivity contribution in [2.75, 3.05) is 0 Å². The molecule has 2 aromatic rings. The summed E-state index contributed by atoms with van der Waals surface area (Å²) in [6.07, 6.45) is 3.53. The quantitative estimate of drug-likeness (QED) is 0.925. The molecule has 18 heavy (non-hydrogen) atoms. The Morgan fingerprint density at radius 2 is 2.28 bits per heavy atom. The molecule has 1 aromatic carbocycles. The molecule has 0 amide bonds. The third kappa shape index (κ3) is 2.89. The summed E-state index contributed by atoms with van der Waals surface area (Å²) >= 11 is 5.62. The summed E-state index contributed by atoms with van der Waals surface area (Å²) in [5.74, 6) is -0.435. The van der Waals surface area contributed by atoms with Gasteiger partial charge in [-0.15, -0.1) is 0 Å². The number of aliphatic hydroxyl groups is 1. The fourth-order valence-electron chi connectivity index (χ4n) is 1.70. The van der Waals surface area contributed by atoms with Gasteiger partial charge in [0.15, 0.2) is 0 Å². The minimum Gasteiger partial charge on any atom is -0.388 e. The van der Waals surface area contributed by atoms with Crippen molar-refractivity contribution in [3.05, 3.63) is 52.6 Å². The lowest BCUT2D eigenvalue weighted by molar-refractivity contribution is 0.173. The second-order valence-corrected chi connectivity index (χ2v) is 4.55. The second-order valence-electron chi connectivity index (χ2n) is 4.14. The van der Waals surface area contributed by atoms with Gasteiger partial charge < -0.3 is 5.11 Å². The Hall–Kier alpha value is -1.39. The molecule has 1 atom stereocenters. The Morgan fingerprint density at radius 1 is 1.50 bits per heavy atom. The van der Waals surface area contributed by atoms with Crippen LogP contribution in [0.5, 0.6) is 0 Å². The topological polar surface area (TPSA) is 38.1 Å². The van der Waals surface area contributed by atoms with Gasteiger partial charge in [0.05, 0.1) is 23.9 Å². The first-order valence-electron chi connectivity index (χ1n) is 5.74. The number of hydrogen-bond acceptors (Lipinski definition) is 2. The normalized spacial score (nSPS) is 12.7. The van der Waals surface area contributed by atoms with E-state index >= 15 is 0 Å². The first-order chi connectivity index (χ1) is 8.60. The molecule has 96 valence electrons. The fourth-order valence-corrected chi connectivity index (χ4v) is 1.82. The molecular weight excluding hydrogens is 255 g/mol. The highest BCUT2D eigenvalue weighted by atomic mass is 35.5. The predicted molar refractivity (Wildman–Crippen MR) is 68.0 cm³/mol. The van der Waals surface area contributed by atoms with Crippen LogP contribution in [-0.4, -0.2) is 14.9 Å². The molecule has 0 radical (unpaired) electrons. The van der Waals surface area contributed by atoms with Crippen molar-refractivity contribution in [1.29, 1.82) is 0 Å². The lowest BCUT2D eigenvalue weighted by Gasteiger charge is -2.04. The van der Waals surface area contributed by atoms with Crippen molar-refractivity contribution in [3.63, 3.8) is 0 Å². The van der Waals surface area contributed by atoms with Gasteiger partial charge in [0.2, 0.25) is 0 Å². The average Bonchev–Trinajstić information content (AvgIpc) is 2.81. The summed E-state index contributed by atoms with van der Waals surface area (Å²) in [6.45, 7) is 2.35. The predicted octanol–water partition coefficient (Wildman–Crippen LogP) is 3.17. The van der Waals surface area contributed by atoms with Gasteiger partial charge >= 0.3 is 0 Å². The largest absolute Gasteiger partial charge is 0.388 e. The number of benzene rings is 1. The molecule has 5 heteroatoms. The molecule has 0 saturated heterocycles. The fraction of sp³-hybridized carbons (Fsp3) is 0.308. The smallest absolute Gasteiger partial charge is 0.142 e. The number of hydrogen-bond donors (Lipinski definition) is 1. The lowest BCUT2D eigenvalue weighted by atomic mass is 10.1. The van der Waals surface area contributed by atoms with Crippen LogP contribution in [0.1, 0.15) is 30.6 Å². The van der Waals surface area contributed by atoms with Crippen LogP contribution in [0.4, 0.5) is 4.39 Å². The van der Waals surface area contributed by atoms with Gasteiger partial charge in [-0.3, -0.25) is 4.68 Å². The lowest BCUT2D eigenvalue weighted by Crippen LogP contribution is -2.00. The van der Waals surface area contributed by atoms with Crippen LogP contribution in [0.25, 0.3) is 0 Å². The third-order valence-electron chi connectivity index (χ3n) is 2.75. The van der Waals surface area contributed by atoms with Gasteiger partial charge in [-0.05, 0) is 24.1 Å². The van der Waals surface area contributed by atoms with E-state index in [1.54, 1.807) is 23.1 Å². The van der Waals surface area contributed by atoms with Crippen LogP contribution in [0.3, 0.4) is 0 Å². The Labute approximate surface area is 110 Å². The first kappa shape index (κ1) is 13.1. The highest BCUT2D eigenvalue weighted by Crippen LogP contribution is 2.18. The van der Waals surface area contributed by atoms with Gasteiger partial charge in [-0.25, -0.2) is 4.39 Å². The SMILES string of the molecule is CCC(O)c1cnn(Cc2ccc(Cl)c(F)c2)c1. The van der Waals surface area contributed by atoms with Crippen molar-refractivity contribution in [1.82, 2.24) is 9.78 Å². The second kappa shape index (κ2) is 5.50. The maximum absolute atomic E-state index is 13.3. The molecule has 0 aliphatic rings. The van der Waals surface area contributed by atoms with Crippen LogP contribution < -0.4 is 0 Å². The molecule has 0 aliphatic heterocycles. The van der Waals surface area contributed by atoms with E-state index in [1.165, 1.54) is 12.1 Å². The van der Waals surface area contributed by atoms with E-state index in [0.29, 0.717) is 13.0 Å². The molecule has 0 saturated carbocycles. The Bertz CT molecular complexity index is 542. The number of aliphatic hydroxyl groups excluding tert-OH is 1. The molecule has 0 fully saturated rings. The molecule has 0 aliphatic carbocycles. The van der Waals surface area contributed by atoms with E-state index in [4.69, 9.17) is 11.6 Å². The minimum absolute atomic E-state index is 0.112. The van der Waals surface area contributed by atoms with Crippen molar-refractivity contribution >= 4 is 11.6 Å². The zero-order chi connectivity index (χ0) is 13.1. The third-order valence-corrected chi connectivity index (χ3v) is 3.06. The molecule has 1 unspecified atom stereocenters. The monoisotopic (exact) mass is 268 g/mol. The zero-order valence-electron chi connectivity index (χ0n) is 9.98. The van der Waals surface area contributed by atoms with Crippen LogP contribution in [0.2, 0.25) is 5.02 Å². The summed E-state index contributed by atoms with van der Waals surface area (Å²) in [5.41, 5.74) is 1.55. The van der Waals surface area contributed by atoms with E-state index in [9.17, 15) is 9.50 Å². The maximum Gasteiger partial charge on any atom is 0.142 e. The number of rotatable bonds is 4. The van der Waals surface area contributed by atoms with E-state index in [-0.39, 0.29) is 5.02 Å². The molecule has 0 bridgehead atoms. The molecule has 2 rings (SSSR count). The van der Waals surface area contributed by atoms with E-state index in [0.717, 1.165) is 11.1 Å². The van der Waals surface area contributed by atoms with Crippen LogP contribution >= 0.6 is 11.6 Å². The minimum atomic E-state index is -0.499. The molecule has 1 heterocycles. The summed E-state index contributed by atoms with van der Waals surface area (Å²) < 4.78 is 14.9. The van der Waals surface area contributed by atoms with E-state index < -0.39 is 11.9 Å². The van der Waals surface area contributed by atoms with Crippen LogP contribution in [0, 0.1) is 5.82 Å². The molecule has 3 nitrogen and oxygen atoms in total. The Kier molecular flexibility index (Phi) is 3.99. The van der Waals surface area contributed by atoms with Gasteiger partial charge in [-0.1, -0.05) is 24.6 Å². The molecular formula is C13H14ClFN2O. The summed E-state index contributed by atoms with van der Waals surface area (Å²) in [6, 6.07) is 4.67. The van der Waals surface area contributed by atoms with Crippen molar-refractivity contribution < 1.29 is 9.50 Å². The van der Waals surface area contributed by atoms with Crippen molar-refractivity contribution in [2.45, 2.75) is 26.0 Å². The molecule has 1 N–H and O–H groups in total. The van der Waals surface area contributed by atoms with E-state index in [1.807, 2.05) is 6.92 Å². The number of nitrogens with zero attached hydrogens (tertiary/aromatic N) is 2. The van der Waals surface area contributed by atoms with Crippen LogP contribution in [-0.2, 0) is 6.54 Å². The Morgan fingerprint density at radius 3 is 2.94 bits per heavy atom. The molecule has 0 spiro atoms. The zero-order valence-corrected chi connectivity index (χ0v) is 10.7. The Balaban J connectivity index is 2.13. The summed E-state index contributed by atoms with van der Waals surface area (Å²) in [7, 11) is 0. The number of aromatic nitrogens is 2. The first-order valence-corrected chi connectivity index (χ1v) is 6.12. The van der Waals surface area contributed by atoms with Crippen molar-refractivity contribution in [2.24, 2.45) is 0 Å². The van der Waals surface area contributed by atoms with E-state index in [2.05, 4.69) is 5.10 Å². The molecule has 1 aromatic heterocycles.